The third-order valence-corrected chi connectivity index (χ3v) is 8.72. The van der Waals surface area contributed by atoms with Crippen molar-refractivity contribution in [1.29, 1.82) is 0 Å². The van der Waals surface area contributed by atoms with E-state index in [-0.39, 0.29) is 41.6 Å². The van der Waals surface area contributed by atoms with Gasteiger partial charge in [-0.2, -0.15) is 0 Å². The first-order valence-electron chi connectivity index (χ1n) is 11.3. The second-order valence-electron chi connectivity index (χ2n) is 10.2. The minimum Gasteiger partial charge on any atom is -0.457 e. The highest BCUT2D eigenvalue weighted by Crippen LogP contribution is 2.67. The first-order valence-corrected chi connectivity index (χ1v) is 11.3. The van der Waals surface area contributed by atoms with E-state index >= 15 is 0 Å². The molecule has 1 heterocycles. The molecule has 0 aliphatic heterocycles. The van der Waals surface area contributed by atoms with Gasteiger partial charge in [-0.3, -0.25) is 4.79 Å². The number of aliphatic hydroxyl groups is 1. The van der Waals surface area contributed by atoms with E-state index in [0.29, 0.717) is 19.3 Å². The molecule has 3 fully saturated rings. The van der Waals surface area contributed by atoms with Crippen molar-refractivity contribution in [3.05, 3.63) is 48.0 Å². The molecule has 4 aliphatic rings. The van der Waals surface area contributed by atoms with Crippen LogP contribution in [0.1, 0.15) is 50.1 Å². The number of ketones is 1. The van der Waals surface area contributed by atoms with E-state index in [1.54, 1.807) is 12.1 Å². The molecule has 172 valence electrons. The van der Waals surface area contributed by atoms with Gasteiger partial charge in [-0.25, -0.2) is 13.6 Å². The van der Waals surface area contributed by atoms with E-state index < -0.39 is 35.4 Å². The van der Waals surface area contributed by atoms with Crippen molar-refractivity contribution in [2.75, 3.05) is 0 Å². The van der Waals surface area contributed by atoms with E-state index in [1.165, 1.54) is 18.4 Å². The van der Waals surface area contributed by atoms with Crippen LogP contribution in [0.2, 0.25) is 0 Å². The van der Waals surface area contributed by atoms with Crippen molar-refractivity contribution in [3.63, 3.8) is 0 Å². The SMILES string of the molecule is C[C@@H]1C[C@H]2[C@@H]3CCC4=CC(=O)C=C[C@]4(C)[C@H]3[C@@H](O)C[C@]2(C(F)F)[C@@H]1OC(=O)c1ccco1. The molecule has 8 atom stereocenters. The topological polar surface area (TPSA) is 76.7 Å². The van der Waals surface area contributed by atoms with Gasteiger partial charge in [-0.05, 0) is 67.7 Å². The van der Waals surface area contributed by atoms with Crippen LogP contribution in [0.5, 0.6) is 0 Å². The van der Waals surface area contributed by atoms with Gasteiger partial charge in [0.25, 0.3) is 0 Å². The van der Waals surface area contributed by atoms with E-state index in [4.69, 9.17) is 9.15 Å². The lowest BCUT2D eigenvalue weighted by molar-refractivity contribution is -0.191. The molecule has 0 amide bonds. The summed E-state index contributed by atoms with van der Waals surface area (Å²) in [5, 5.41) is 11.3. The summed E-state index contributed by atoms with van der Waals surface area (Å²) in [5.74, 6) is -1.90. The first kappa shape index (κ1) is 21.6. The Kier molecular flexibility index (Phi) is 4.97. The monoisotopic (exact) mass is 446 g/mol. The lowest BCUT2D eigenvalue weighted by Gasteiger charge is -2.58. The molecule has 1 aromatic heterocycles. The van der Waals surface area contributed by atoms with Gasteiger partial charge in [0.2, 0.25) is 12.2 Å². The minimum atomic E-state index is -2.74. The van der Waals surface area contributed by atoms with E-state index in [9.17, 15) is 23.5 Å². The Morgan fingerprint density at radius 3 is 2.84 bits per heavy atom. The van der Waals surface area contributed by atoms with Crippen LogP contribution in [0.4, 0.5) is 8.78 Å². The van der Waals surface area contributed by atoms with Crippen molar-refractivity contribution >= 4 is 11.8 Å². The number of alkyl halides is 2. The smallest absolute Gasteiger partial charge is 0.374 e. The predicted molar refractivity (Wildman–Crippen MR) is 111 cm³/mol. The molecule has 0 radical (unpaired) electrons. The number of hydrogen-bond donors (Lipinski definition) is 1. The molecule has 0 aromatic carbocycles. The van der Waals surface area contributed by atoms with Crippen LogP contribution in [-0.4, -0.2) is 35.5 Å². The number of hydrogen-bond acceptors (Lipinski definition) is 5. The maximum Gasteiger partial charge on any atom is 0.374 e. The van der Waals surface area contributed by atoms with Gasteiger partial charge >= 0.3 is 5.97 Å². The standard InChI is InChI=1S/C25H28F2O5/c1-13-10-17-16-6-5-14-11-15(28)7-8-24(14,2)20(16)18(29)12-25(17,23(26)27)21(13)32-22(30)19-4-3-9-31-19/h3-4,7-9,11,13,16-18,20-21,23,29H,5-6,10,12H2,1-2H3/t13-,16+,17+,18+,20-,21-,24+,25-/m1/s1. The van der Waals surface area contributed by atoms with Crippen LogP contribution in [0, 0.1) is 34.5 Å². The number of carbonyl (C=O) groups is 2. The molecular formula is C25H28F2O5. The summed E-state index contributed by atoms with van der Waals surface area (Å²) in [6.07, 6.45) is 3.27. The van der Waals surface area contributed by atoms with Crippen molar-refractivity contribution in [3.8, 4) is 0 Å². The zero-order chi connectivity index (χ0) is 22.8. The van der Waals surface area contributed by atoms with Gasteiger partial charge < -0.3 is 14.3 Å². The van der Waals surface area contributed by atoms with Crippen molar-refractivity contribution < 1.29 is 32.6 Å². The van der Waals surface area contributed by atoms with Gasteiger partial charge in [0, 0.05) is 11.3 Å². The Morgan fingerprint density at radius 2 is 2.16 bits per heavy atom. The van der Waals surface area contributed by atoms with Crippen LogP contribution < -0.4 is 0 Å². The molecule has 7 heteroatoms. The second-order valence-corrected chi connectivity index (χ2v) is 10.2. The Labute approximate surface area is 185 Å². The maximum absolute atomic E-state index is 14.9. The molecule has 0 bridgehead atoms. The summed E-state index contributed by atoms with van der Waals surface area (Å²) in [5.41, 5.74) is -1.16. The minimum absolute atomic E-state index is 0.0173. The van der Waals surface area contributed by atoms with E-state index in [0.717, 1.165) is 5.57 Å². The summed E-state index contributed by atoms with van der Waals surface area (Å²) >= 11 is 0. The van der Waals surface area contributed by atoms with Gasteiger partial charge in [0.1, 0.15) is 6.10 Å². The molecule has 5 rings (SSSR count). The second kappa shape index (κ2) is 7.37. The number of fused-ring (bicyclic) bond motifs is 5. The van der Waals surface area contributed by atoms with Crippen LogP contribution >= 0.6 is 0 Å². The number of furan rings is 1. The van der Waals surface area contributed by atoms with Crippen molar-refractivity contribution in [2.45, 2.75) is 58.2 Å². The van der Waals surface area contributed by atoms with Crippen LogP contribution in [-0.2, 0) is 9.53 Å². The fourth-order valence-electron chi connectivity index (χ4n) is 7.47. The van der Waals surface area contributed by atoms with Gasteiger partial charge in [-0.15, -0.1) is 0 Å². The fourth-order valence-corrected chi connectivity index (χ4v) is 7.47. The average molecular weight is 446 g/mol. The number of esters is 1. The Balaban J connectivity index is 1.52. The first-order chi connectivity index (χ1) is 15.2. The normalized spacial score (nSPS) is 42.8. The number of ether oxygens (including phenoxy) is 1. The average Bonchev–Trinajstić information content (AvgIpc) is 3.36. The number of carbonyl (C=O) groups excluding carboxylic acids is 2. The van der Waals surface area contributed by atoms with Crippen LogP contribution in [0.25, 0.3) is 0 Å². The number of rotatable bonds is 3. The summed E-state index contributed by atoms with van der Waals surface area (Å²) in [4.78, 5) is 24.5. The lowest BCUT2D eigenvalue weighted by atomic mass is 9.47. The Hall–Kier alpha value is -2.28. The molecule has 1 N–H and O–H groups in total. The molecule has 32 heavy (non-hydrogen) atoms. The third kappa shape index (κ3) is 2.89. The van der Waals surface area contributed by atoms with Gasteiger partial charge in [0.15, 0.2) is 5.78 Å². The molecular weight excluding hydrogens is 418 g/mol. The third-order valence-electron chi connectivity index (χ3n) is 8.72. The van der Waals surface area contributed by atoms with Crippen LogP contribution in [0.3, 0.4) is 0 Å². The fraction of sp³-hybridized carbons (Fsp3) is 0.600. The zero-order valence-corrected chi connectivity index (χ0v) is 18.2. The maximum atomic E-state index is 14.9. The molecule has 3 saturated carbocycles. The van der Waals surface area contributed by atoms with Gasteiger partial charge in [-0.1, -0.05) is 25.5 Å². The summed E-state index contributed by atoms with van der Waals surface area (Å²) < 4.78 is 40.6. The highest BCUT2D eigenvalue weighted by Gasteiger charge is 2.69. The molecule has 0 saturated heterocycles. The molecule has 0 spiro atoms. The number of halogens is 2. The van der Waals surface area contributed by atoms with Crippen molar-refractivity contribution in [1.82, 2.24) is 0 Å². The quantitative estimate of drug-likeness (QED) is 0.688. The van der Waals surface area contributed by atoms with E-state index in [2.05, 4.69) is 0 Å². The Bertz CT molecular complexity index is 982. The lowest BCUT2D eigenvalue weighted by Crippen LogP contribution is -2.60. The number of allylic oxidation sites excluding steroid dienone is 4. The Morgan fingerprint density at radius 1 is 1.38 bits per heavy atom. The largest absolute Gasteiger partial charge is 0.457 e. The zero-order valence-electron chi connectivity index (χ0n) is 18.2. The molecule has 4 aliphatic carbocycles. The van der Waals surface area contributed by atoms with Gasteiger partial charge in [0.05, 0.1) is 17.8 Å². The molecule has 1 aromatic rings. The summed E-state index contributed by atoms with van der Waals surface area (Å²) in [7, 11) is 0. The molecule has 5 nitrogen and oxygen atoms in total. The summed E-state index contributed by atoms with van der Waals surface area (Å²) in [6.45, 7) is 3.85. The van der Waals surface area contributed by atoms with E-state index in [1.807, 2.05) is 19.9 Å². The highest BCUT2D eigenvalue weighted by molar-refractivity contribution is 6.01. The highest BCUT2D eigenvalue weighted by atomic mass is 19.3. The van der Waals surface area contributed by atoms with Crippen LogP contribution in [0.15, 0.2) is 46.6 Å². The number of aliphatic hydroxyl groups excluding tert-OH is 1. The molecule has 0 unspecified atom stereocenters. The van der Waals surface area contributed by atoms with Crippen molar-refractivity contribution in [2.24, 2.45) is 34.5 Å². The predicted octanol–water partition coefficient (Wildman–Crippen LogP) is 4.57. The summed E-state index contributed by atoms with van der Waals surface area (Å²) in [6, 6.07) is 3.00.